The summed E-state index contributed by atoms with van der Waals surface area (Å²) in [5, 5.41) is 1.32. The molecule has 1 aliphatic rings. The Morgan fingerprint density at radius 1 is 1.60 bits per heavy atom. The summed E-state index contributed by atoms with van der Waals surface area (Å²) in [5.41, 5.74) is 0. The summed E-state index contributed by atoms with van der Waals surface area (Å²) in [6, 6.07) is 0. The van der Waals surface area contributed by atoms with Crippen molar-refractivity contribution < 1.29 is 0 Å². The third kappa shape index (κ3) is 1.12. The fourth-order valence-corrected chi connectivity index (χ4v) is 2.52. The molecule has 1 aliphatic carbocycles. The first-order valence-electron chi connectivity index (χ1n) is 3.47. The van der Waals surface area contributed by atoms with E-state index in [-0.39, 0.29) is 0 Å². The summed E-state index contributed by atoms with van der Waals surface area (Å²) >= 11 is 5.19. The third-order valence-electron chi connectivity index (χ3n) is 1.95. The lowest BCUT2D eigenvalue weighted by Gasteiger charge is -2.22. The minimum Gasteiger partial charge on any atom is -0.248 e. The number of nitrogens with zero attached hydrogens (tertiary/aromatic N) is 1. The second-order valence-corrected chi connectivity index (χ2v) is 5.07. The highest BCUT2D eigenvalue weighted by molar-refractivity contribution is 9.11. The molecule has 0 aromatic carbocycles. The average molecular weight is 218 g/mol. The largest absolute Gasteiger partial charge is 0.248 e. The average Bonchev–Trinajstić information content (AvgIpc) is 2.10. The van der Waals surface area contributed by atoms with Crippen molar-refractivity contribution in [3.05, 3.63) is 15.0 Å². The molecule has 1 fully saturated rings. The van der Waals surface area contributed by atoms with E-state index in [0.29, 0.717) is 0 Å². The number of rotatable bonds is 1. The molecule has 1 nitrogen and oxygen atoms in total. The summed E-state index contributed by atoms with van der Waals surface area (Å²) in [7, 11) is 0. The lowest BCUT2D eigenvalue weighted by molar-refractivity contribution is 0.418. The Hall–Kier alpha value is 0.110. The normalized spacial score (nSPS) is 18.9. The minimum atomic E-state index is 0.788. The zero-order valence-electron chi connectivity index (χ0n) is 5.51. The van der Waals surface area contributed by atoms with Gasteiger partial charge in [-0.15, -0.1) is 11.3 Å². The van der Waals surface area contributed by atoms with Crippen LogP contribution in [0.25, 0.3) is 0 Å². The standard InChI is InChI=1S/C7H8BrNS/c8-6-4-9-7(10-6)5-2-1-3-5/h4-5H,1-3H2. The Kier molecular flexibility index (Phi) is 1.78. The van der Waals surface area contributed by atoms with Crippen LogP contribution in [0.15, 0.2) is 9.98 Å². The van der Waals surface area contributed by atoms with Crippen molar-refractivity contribution in [3.63, 3.8) is 0 Å². The fraction of sp³-hybridized carbons (Fsp3) is 0.571. The number of halogens is 1. The van der Waals surface area contributed by atoms with Gasteiger partial charge in [0.1, 0.15) is 0 Å². The van der Waals surface area contributed by atoms with Crippen LogP contribution in [0, 0.1) is 0 Å². The van der Waals surface area contributed by atoms with Crippen LogP contribution in [0.1, 0.15) is 30.2 Å². The highest BCUT2D eigenvalue weighted by atomic mass is 79.9. The van der Waals surface area contributed by atoms with Gasteiger partial charge in [-0.25, -0.2) is 4.98 Å². The maximum atomic E-state index is 4.31. The summed E-state index contributed by atoms with van der Waals surface area (Å²) in [4.78, 5) is 4.31. The van der Waals surface area contributed by atoms with E-state index in [4.69, 9.17) is 0 Å². The maximum absolute atomic E-state index is 4.31. The predicted octanol–water partition coefficient (Wildman–Crippen LogP) is 3.17. The van der Waals surface area contributed by atoms with Crippen LogP contribution in [0.2, 0.25) is 0 Å². The van der Waals surface area contributed by atoms with Gasteiger partial charge in [-0.3, -0.25) is 0 Å². The van der Waals surface area contributed by atoms with Crippen molar-refractivity contribution in [1.29, 1.82) is 0 Å². The minimum absolute atomic E-state index is 0.788. The van der Waals surface area contributed by atoms with Crippen molar-refractivity contribution in [3.8, 4) is 0 Å². The van der Waals surface area contributed by atoms with E-state index in [1.165, 1.54) is 24.3 Å². The molecule has 0 spiro atoms. The monoisotopic (exact) mass is 217 g/mol. The molecular formula is C7H8BrNS. The second-order valence-electron chi connectivity index (χ2n) is 2.63. The van der Waals surface area contributed by atoms with Gasteiger partial charge >= 0.3 is 0 Å². The molecule has 0 aliphatic heterocycles. The Balaban J connectivity index is 2.17. The molecule has 0 unspecified atom stereocenters. The molecule has 0 amide bonds. The first-order chi connectivity index (χ1) is 4.86. The van der Waals surface area contributed by atoms with Gasteiger partial charge in [0.05, 0.1) is 15.0 Å². The van der Waals surface area contributed by atoms with Crippen LogP contribution in [0.4, 0.5) is 0 Å². The zero-order valence-corrected chi connectivity index (χ0v) is 7.91. The van der Waals surface area contributed by atoms with E-state index in [2.05, 4.69) is 20.9 Å². The van der Waals surface area contributed by atoms with Crippen molar-refractivity contribution in [2.24, 2.45) is 0 Å². The molecule has 1 aromatic rings. The second kappa shape index (κ2) is 2.62. The Bertz CT molecular complexity index is 229. The van der Waals surface area contributed by atoms with Crippen molar-refractivity contribution in [1.82, 2.24) is 4.98 Å². The molecule has 0 bridgehead atoms. The molecule has 0 atom stereocenters. The predicted molar refractivity (Wildman–Crippen MR) is 46.4 cm³/mol. The molecule has 54 valence electrons. The highest BCUT2D eigenvalue weighted by Crippen LogP contribution is 2.38. The molecule has 0 N–H and O–H groups in total. The van der Waals surface area contributed by atoms with Gasteiger partial charge in [-0.05, 0) is 28.8 Å². The molecule has 0 saturated heterocycles. The number of hydrogen-bond acceptors (Lipinski definition) is 2. The van der Waals surface area contributed by atoms with E-state index >= 15 is 0 Å². The maximum Gasteiger partial charge on any atom is 0.0967 e. The van der Waals surface area contributed by atoms with E-state index in [1.807, 2.05) is 6.20 Å². The van der Waals surface area contributed by atoms with Crippen LogP contribution in [0.3, 0.4) is 0 Å². The van der Waals surface area contributed by atoms with Crippen LogP contribution < -0.4 is 0 Å². The topological polar surface area (TPSA) is 12.9 Å². The summed E-state index contributed by atoms with van der Waals surface area (Å²) < 4.78 is 1.16. The van der Waals surface area contributed by atoms with Gasteiger partial charge in [0.25, 0.3) is 0 Å². The molecule has 1 saturated carbocycles. The van der Waals surface area contributed by atoms with E-state index in [0.717, 1.165) is 9.70 Å². The van der Waals surface area contributed by atoms with Crippen LogP contribution in [-0.2, 0) is 0 Å². The van der Waals surface area contributed by atoms with E-state index in [1.54, 1.807) is 11.3 Å². The Morgan fingerprint density at radius 2 is 2.40 bits per heavy atom. The van der Waals surface area contributed by atoms with Crippen LogP contribution >= 0.6 is 27.3 Å². The van der Waals surface area contributed by atoms with Crippen molar-refractivity contribution in [2.75, 3.05) is 0 Å². The van der Waals surface area contributed by atoms with Crippen LogP contribution in [-0.4, -0.2) is 4.98 Å². The number of hydrogen-bond donors (Lipinski definition) is 0. The van der Waals surface area contributed by atoms with E-state index < -0.39 is 0 Å². The third-order valence-corrected chi connectivity index (χ3v) is 3.59. The van der Waals surface area contributed by atoms with E-state index in [9.17, 15) is 0 Å². The lowest BCUT2D eigenvalue weighted by Crippen LogP contribution is -2.07. The van der Waals surface area contributed by atoms with Crippen LogP contribution in [0.5, 0.6) is 0 Å². The number of aromatic nitrogens is 1. The van der Waals surface area contributed by atoms with Gasteiger partial charge in [-0.2, -0.15) is 0 Å². The first kappa shape index (κ1) is 6.80. The van der Waals surface area contributed by atoms with Gasteiger partial charge in [-0.1, -0.05) is 6.42 Å². The van der Waals surface area contributed by atoms with Gasteiger partial charge < -0.3 is 0 Å². The molecule has 2 rings (SSSR count). The zero-order chi connectivity index (χ0) is 6.97. The fourth-order valence-electron chi connectivity index (χ4n) is 1.11. The van der Waals surface area contributed by atoms with Gasteiger partial charge in [0.15, 0.2) is 0 Å². The highest BCUT2D eigenvalue weighted by Gasteiger charge is 2.21. The molecule has 1 aromatic heterocycles. The summed E-state index contributed by atoms with van der Waals surface area (Å²) in [6.07, 6.45) is 5.99. The Morgan fingerprint density at radius 3 is 2.80 bits per heavy atom. The van der Waals surface area contributed by atoms with Gasteiger partial charge in [0, 0.05) is 5.92 Å². The molecule has 1 heterocycles. The smallest absolute Gasteiger partial charge is 0.0967 e. The van der Waals surface area contributed by atoms with Gasteiger partial charge in [0.2, 0.25) is 0 Å². The first-order valence-corrected chi connectivity index (χ1v) is 5.08. The molecular weight excluding hydrogens is 210 g/mol. The Labute approximate surface area is 72.6 Å². The van der Waals surface area contributed by atoms with Crippen molar-refractivity contribution >= 4 is 27.3 Å². The molecule has 10 heavy (non-hydrogen) atoms. The SMILES string of the molecule is Brc1cnc(C2CCC2)s1. The lowest BCUT2D eigenvalue weighted by atomic mass is 9.86. The summed E-state index contributed by atoms with van der Waals surface area (Å²) in [5.74, 6) is 0.788. The number of thiazole rings is 1. The quantitative estimate of drug-likeness (QED) is 0.705. The summed E-state index contributed by atoms with van der Waals surface area (Å²) in [6.45, 7) is 0. The molecule has 0 radical (unpaired) electrons. The van der Waals surface area contributed by atoms with Crippen molar-refractivity contribution in [2.45, 2.75) is 25.2 Å². The molecule has 3 heteroatoms.